The van der Waals surface area contributed by atoms with Crippen molar-refractivity contribution < 1.29 is 0 Å². The molecule has 0 amide bonds. The van der Waals surface area contributed by atoms with E-state index >= 15 is 0 Å². The van der Waals surface area contributed by atoms with Crippen LogP contribution in [0, 0.1) is 0 Å². The third-order valence-corrected chi connectivity index (χ3v) is 3.17. The van der Waals surface area contributed by atoms with Gasteiger partial charge in [-0.3, -0.25) is 4.99 Å². The smallest absolute Gasteiger partial charge is 0.154 e. The van der Waals surface area contributed by atoms with Gasteiger partial charge in [0, 0.05) is 18.3 Å². The van der Waals surface area contributed by atoms with Crippen molar-refractivity contribution in [2.24, 2.45) is 10.1 Å². The number of fused-ring (bicyclic) bond motifs is 1. The summed E-state index contributed by atoms with van der Waals surface area (Å²) in [4.78, 5) is 4.60. The summed E-state index contributed by atoms with van der Waals surface area (Å²) in [7, 11) is 1.79. The fourth-order valence-corrected chi connectivity index (χ4v) is 2.21. The molecule has 0 bridgehead atoms. The van der Waals surface area contributed by atoms with Crippen molar-refractivity contribution in [3.8, 4) is 0 Å². The lowest BCUT2D eigenvalue weighted by atomic mass is 10.1. The Morgan fingerprint density at radius 1 is 1.10 bits per heavy atom. The predicted octanol–water partition coefficient (Wildman–Crippen LogP) is 2.63. The zero-order valence-electron chi connectivity index (χ0n) is 11.3. The molecule has 0 radical (unpaired) electrons. The second-order valence-corrected chi connectivity index (χ2v) is 4.50. The lowest BCUT2D eigenvalue weighted by Crippen LogP contribution is -2.29. The number of hydrogen-bond acceptors (Lipinski definition) is 4. The number of amidine groups is 1. The molecule has 2 N–H and O–H groups in total. The van der Waals surface area contributed by atoms with Crippen LogP contribution in [0.2, 0.25) is 0 Å². The molecule has 3 rings (SSSR count). The Bertz CT molecular complexity index is 659. The van der Waals surface area contributed by atoms with Gasteiger partial charge in [-0.05, 0) is 11.6 Å². The number of anilines is 1. The maximum absolute atomic E-state index is 4.60. The first kappa shape index (κ1) is 12.4. The lowest BCUT2D eigenvalue weighted by molar-refractivity contribution is 0.903. The topological polar surface area (TPSA) is 48.8 Å². The Kier molecular flexibility index (Phi) is 3.46. The Balaban J connectivity index is 1.95. The third kappa shape index (κ3) is 2.40. The summed E-state index contributed by atoms with van der Waals surface area (Å²) in [6.07, 6.45) is 0. The molecule has 0 spiro atoms. The van der Waals surface area contributed by atoms with E-state index in [1.54, 1.807) is 7.05 Å². The van der Waals surface area contributed by atoms with Crippen molar-refractivity contribution in [1.29, 1.82) is 0 Å². The SMILES string of the molecule is CN/N=C(/C1=NCc2ccccc2N1)c1ccccc1. The molecule has 4 nitrogen and oxygen atoms in total. The van der Waals surface area contributed by atoms with Gasteiger partial charge in [-0.15, -0.1) is 0 Å². The summed E-state index contributed by atoms with van der Waals surface area (Å²) in [6.45, 7) is 0.675. The number of hydrogen-bond donors (Lipinski definition) is 2. The van der Waals surface area contributed by atoms with Gasteiger partial charge in [0.1, 0.15) is 5.71 Å². The van der Waals surface area contributed by atoms with Crippen LogP contribution >= 0.6 is 0 Å². The number of nitrogens with one attached hydrogen (secondary N) is 2. The van der Waals surface area contributed by atoms with Crippen LogP contribution in [0.25, 0.3) is 0 Å². The van der Waals surface area contributed by atoms with Crippen LogP contribution in [0.3, 0.4) is 0 Å². The van der Waals surface area contributed by atoms with E-state index in [9.17, 15) is 0 Å². The van der Waals surface area contributed by atoms with Gasteiger partial charge in [0.15, 0.2) is 5.84 Å². The zero-order valence-corrected chi connectivity index (χ0v) is 11.3. The Hall–Kier alpha value is -2.62. The summed E-state index contributed by atoms with van der Waals surface area (Å²) in [6, 6.07) is 18.2. The van der Waals surface area contributed by atoms with E-state index in [0.717, 1.165) is 22.8 Å². The minimum absolute atomic E-state index is 0.675. The average Bonchev–Trinajstić information content (AvgIpc) is 2.53. The molecule has 100 valence electrons. The summed E-state index contributed by atoms with van der Waals surface area (Å²) in [5.41, 5.74) is 7.01. The molecular weight excluding hydrogens is 248 g/mol. The molecule has 0 aromatic heterocycles. The van der Waals surface area contributed by atoms with Crippen LogP contribution < -0.4 is 10.7 Å². The first-order valence-electron chi connectivity index (χ1n) is 6.58. The second-order valence-electron chi connectivity index (χ2n) is 4.50. The molecule has 2 aromatic rings. The standard InChI is InChI=1S/C16H16N4/c1-17-20-15(12-7-3-2-4-8-12)16-18-11-13-9-5-6-10-14(13)19-16/h2-10,17H,11H2,1H3,(H,18,19)/b20-15+. The highest BCUT2D eigenvalue weighted by Gasteiger charge is 2.17. The molecule has 4 heteroatoms. The first-order chi connectivity index (χ1) is 9.88. The van der Waals surface area contributed by atoms with Crippen molar-refractivity contribution >= 4 is 17.2 Å². The first-order valence-corrected chi connectivity index (χ1v) is 6.58. The summed E-state index contributed by atoms with van der Waals surface area (Å²) in [5, 5.41) is 7.72. The number of nitrogens with zero attached hydrogens (tertiary/aromatic N) is 2. The maximum atomic E-state index is 4.60. The number of hydrazone groups is 1. The van der Waals surface area contributed by atoms with Gasteiger partial charge in [-0.25, -0.2) is 0 Å². The van der Waals surface area contributed by atoms with Crippen molar-refractivity contribution in [2.75, 3.05) is 12.4 Å². The normalized spacial score (nSPS) is 14.1. The highest BCUT2D eigenvalue weighted by Crippen LogP contribution is 2.21. The molecule has 0 saturated carbocycles. The van der Waals surface area contributed by atoms with Gasteiger partial charge in [0.25, 0.3) is 0 Å². The number of benzene rings is 2. The van der Waals surface area contributed by atoms with Gasteiger partial charge in [-0.1, -0.05) is 48.5 Å². The van der Waals surface area contributed by atoms with E-state index in [2.05, 4.69) is 33.0 Å². The minimum atomic E-state index is 0.675. The largest absolute Gasteiger partial charge is 0.338 e. The van der Waals surface area contributed by atoms with Crippen molar-refractivity contribution in [3.05, 3.63) is 65.7 Å². The summed E-state index contributed by atoms with van der Waals surface area (Å²) in [5.74, 6) is 0.796. The highest BCUT2D eigenvalue weighted by molar-refractivity contribution is 6.51. The predicted molar refractivity (Wildman–Crippen MR) is 83.2 cm³/mol. The lowest BCUT2D eigenvalue weighted by Gasteiger charge is -2.19. The summed E-state index contributed by atoms with van der Waals surface area (Å²) >= 11 is 0. The van der Waals surface area contributed by atoms with Gasteiger partial charge in [0.2, 0.25) is 0 Å². The van der Waals surface area contributed by atoms with E-state index in [-0.39, 0.29) is 0 Å². The Morgan fingerprint density at radius 3 is 2.65 bits per heavy atom. The van der Waals surface area contributed by atoms with Gasteiger partial charge < -0.3 is 10.7 Å². The Morgan fingerprint density at radius 2 is 1.85 bits per heavy atom. The number of rotatable bonds is 3. The van der Waals surface area contributed by atoms with Crippen molar-refractivity contribution in [1.82, 2.24) is 5.43 Å². The molecule has 0 atom stereocenters. The van der Waals surface area contributed by atoms with E-state index < -0.39 is 0 Å². The quantitative estimate of drug-likeness (QED) is 0.661. The van der Waals surface area contributed by atoms with E-state index in [4.69, 9.17) is 0 Å². The molecule has 0 unspecified atom stereocenters. The minimum Gasteiger partial charge on any atom is -0.338 e. The number of aliphatic imine (C=N–C) groups is 1. The monoisotopic (exact) mass is 264 g/mol. The zero-order chi connectivity index (χ0) is 13.8. The van der Waals surface area contributed by atoms with E-state index in [0.29, 0.717) is 6.54 Å². The molecule has 0 aliphatic carbocycles. The van der Waals surface area contributed by atoms with Crippen molar-refractivity contribution in [2.45, 2.75) is 6.54 Å². The van der Waals surface area contributed by atoms with Gasteiger partial charge in [-0.2, -0.15) is 5.10 Å². The molecule has 0 saturated heterocycles. The van der Waals surface area contributed by atoms with Crippen LogP contribution in [-0.4, -0.2) is 18.6 Å². The van der Waals surface area contributed by atoms with Crippen molar-refractivity contribution in [3.63, 3.8) is 0 Å². The molecule has 0 fully saturated rings. The van der Waals surface area contributed by atoms with Crippen LogP contribution in [0.1, 0.15) is 11.1 Å². The number of para-hydroxylation sites is 1. The summed E-state index contributed by atoms with van der Waals surface area (Å²) < 4.78 is 0. The molecule has 20 heavy (non-hydrogen) atoms. The van der Waals surface area contributed by atoms with Crippen LogP contribution in [0.4, 0.5) is 5.69 Å². The van der Waals surface area contributed by atoms with Gasteiger partial charge >= 0.3 is 0 Å². The average molecular weight is 264 g/mol. The molecule has 2 aromatic carbocycles. The molecule has 1 aliphatic rings. The fraction of sp³-hybridized carbons (Fsp3) is 0.125. The molecular formula is C16H16N4. The van der Waals surface area contributed by atoms with Crippen LogP contribution in [-0.2, 0) is 6.54 Å². The maximum Gasteiger partial charge on any atom is 0.154 e. The van der Waals surface area contributed by atoms with E-state index in [1.807, 2.05) is 42.5 Å². The highest BCUT2D eigenvalue weighted by atomic mass is 15.3. The third-order valence-electron chi connectivity index (χ3n) is 3.17. The van der Waals surface area contributed by atoms with Crippen LogP contribution in [0.15, 0.2) is 64.7 Å². The molecule has 1 heterocycles. The molecule has 1 aliphatic heterocycles. The second kappa shape index (κ2) is 5.57. The Labute approximate surface area is 118 Å². The van der Waals surface area contributed by atoms with Gasteiger partial charge in [0.05, 0.1) is 6.54 Å². The van der Waals surface area contributed by atoms with E-state index in [1.165, 1.54) is 5.56 Å². The van der Waals surface area contributed by atoms with Crippen LogP contribution in [0.5, 0.6) is 0 Å². The fourth-order valence-electron chi connectivity index (χ4n) is 2.21.